The molecule has 2 aliphatic heterocycles. The maximum atomic E-state index is 5.84. The molecule has 3 rings (SSSR count). The molecular weight excluding hydrogens is 254 g/mol. The van der Waals surface area contributed by atoms with Gasteiger partial charge in [0.05, 0.1) is 7.11 Å². The molecule has 0 spiro atoms. The zero-order valence-electron chi connectivity index (χ0n) is 12.3. The van der Waals surface area contributed by atoms with Gasteiger partial charge < -0.3 is 19.5 Å². The number of benzene rings is 1. The van der Waals surface area contributed by atoms with E-state index in [2.05, 4.69) is 24.4 Å². The summed E-state index contributed by atoms with van der Waals surface area (Å²) in [7, 11) is 1.74. The molecule has 1 N–H and O–H groups in total. The van der Waals surface area contributed by atoms with Crippen LogP contribution in [0.3, 0.4) is 0 Å². The summed E-state index contributed by atoms with van der Waals surface area (Å²) in [5.41, 5.74) is 2.43. The second-order valence-corrected chi connectivity index (χ2v) is 5.67. The Bertz CT molecular complexity index is 469. The van der Waals surface area contributed by atoms with Crippen LogP contribution in [-0.4, -0.2) is 32.5 Å². The minimum Gasteiger partial charge on any atom is -0.496 e. The third-order valence-corrected chi connectivity index (χ3v) is 4.10. The van der Waals surface area contributed by atoms with E-state index in [9.17, 15) is 0 Å². The van der Waals surface area contributed by atoms with Gasteiger partial charge in [-0.2, -0.15) is 0 Å². The van der Waals surface area contributed by atoms with Crippen molar-refractivity contribution in [2.45, 2.75) is 44.9 Å². The summed E-state index contributed by atoms with van der Waals surface area (Å²) in [5.74, 6) is 1.98. The molecule has 0 aromatic heterocycles. The first-order valence-electron chi connectivity index (χ1n) is 7.44. The molecule has 0 bridgehead atoms. The Hall–Kier alpha value is -1.26. The second kappa shape index (κ2) is 6.02. The molecule has 0 radical (unpaired) electrons. The quantitative estimate of drug-likeness (QED) is 0.916. The van der Waals surface area contributed by atoms with Crippen LogP contribution in [0.5, 0.6) is 11.5 Å². The van der Waals surface area contributed by atoms with Gasteiger partial charge in [-0.15, -0.1) is 0 Å². The first kappa shape index (κ1) is 13.7. The molecule has 1 unspecified atom stereocenters. The Morgan fingerprint density at radius 3 is 2.85 bits per heavy atom. The van der Waals surface area contributed by atoms with Crippen LogP contribution in [-0.2, 0) is 17.7 Å². The average molecular weight is 277 g/mol. The van der Waals surface area contributed by atoms with E-state index in [1.165, 1.54) is 11.1 Å². The Labute approximate surface area is 120 Å². The molecule has 2 aliphatic rings. The highest BCUT2D eigenvalue weighted by atomic mass is 16.5. The van der Waals surface area contributed by atoms with Gasteiger partial charge in [-0.1, -0.05) is 0 Å². The van der Waals surface area contributed by atoms with Crippen LogP contribution in [0.15, 0.2) is 12.1 Å². The lowest BCUT2D eigenvalue weighted by Gasteiger charge is -2.23. The van der Waals surface area contributed by atoms with Crippen molar-refractivity contribution in [1.82, 2.24) is 5.32 Å². The predicted molar refractivity (Wildman–Crippen MR) is 77.5 cm³/mol. The predicted octanol–water partition coefficient (Wildman–Crippen LogP) is 2.29. The molecular formula is C16H23NO3. The van der Waals surface area contributed by atoms with Crippen LogP contribution in [0, 0.1) is 0 Å². The standard InChI is InChI=1S/C16H23NO3/c1-11-7-12-8-15(18-2)13(9-16(12)20-11)10-17-14-3-5-19-6-4-14/h8-9,11,14,17H,3-7,10H2,1-2H3. The van der Waals surface area contributed by atoms with Gasteiger partial charge >= 0.3 is 0 Å². The number of hydrogen-bond acceptors (Lipinski definition) is 4. The molecule has 1 aromatic rings. The number of rotatable bonds is 4. The zero-order chi connectivity index (χ0) is 13.9. The third kappa shape index (κ3) is 2.91. The highest BCUT2D eigenvalue weighted by molar-refractivity contribution is 5.48. The van der Waals surface area contributed by atoms with E-state index >= 15 is 0 Å². The Balaban J connectivity index is 1.70. The van der Waals surface area contributed by atoms with Gasteiger partial charge in [-0.3, -0.25) is 0 Å². The van der Waals surface area contributed by atoms with E-state index in [1.807, 2.05) is 0 Å². The van der Waals surface area contributed by atoms with Crippen LogP contribution in [0.4, 0.5) is 0 Å². The van der Waals surface area contributed by atoms with Crippen molar-refractivity contribution in [2.24, 2.45) is 0 Å². The lowest BCUT2D eigenvalue weighted by molar-refractivity contribution is 0.0775. The van der Waals surface area contributed by atoms with Crippen molar-refractivity contribution in [3.8, 4) is 11.5 Å². The van der Waals surface area contributed by atoms with Gasteiger partial charge in [0.25, 0.3) is 0 Å². The Morgan fingerprint density at radius 2 is 2.10 bits per heavy atom. The monoisotopic (exact) mass is 277 g/mol. The molecule has 0 aliphatic carbocycles. The van der Waals surface area contributed by atoms with Crippen molar-refractivity contribution < 1.29 is 14.2 Å². The van der Waals surface area contributed by atoms with Crippen LogP contribution < -0.4 is 14.8 Å². The highest BCUT2D eigenvalue weighted by Crippen LogP contribution is 2.35. The summed E-state index contributed by atoms with van der Waals surface area (Å²) in [5, 5.41) is 3.60. The van der Waals surface area contributed by atoms with Gasteiger partial charge in [0.2, 0.25) is 0 Å². The molecule has 1 fully saturated rings. The van der Waals surface area contributed by atoms with Crippen LogP contribution in [0.1, 0.15) is 30.9 Å². The van der Waals surface area contributed by atoms with E-state index < -0.39 is 0 Å². The molecule has 2 heterocycles. The lowest BCUT2D eigenvalue weighted by atomic mass is 10.0. The second-order valence-electron chi connectivity index (χ2n) is 5.67. The maximum Gasteiger partial charge on any atom is 0.123 e. The van der Waals surface area contributed by atoms with Crippen molar-refractivity contribution in [1.29, 1.82) is 0 Å². The fraction of sp³-hybridized carbons (Fsp3) is 0.625. The zero-order valence-corrected chi connectivity index (χ0v) is 12.3. The lowest BCUT2D eigenvalue weighted by Crippen LogP contribution is -2.34. The van der Waals surface area contributed by atoms with Crippen LogP contribution in [0.25, 0.3) is 0 Å². The van der Waals surface area contributed by atoms with Gasteiger partial charge in [0, 0.05) is 43.3 Å². The summed E-state index contributed by atoms with van der Waals surface area (Å²) in [6.07, 6.45) is 3.41. The number of hydrogen-bond donors (Lipinski definition) is 1. The normalized spacial score (nSPS) is 22.4. The van der Waals surface area contributed by atoms with Crippen molar-refractivity contribution in [3.63, 3.8) is 0 Å². The minimum atomic E-state index is 0.272. The molecule has 4 nitrogen and oxygen atoms in total. The summed E-state index contributed by atoms with van der Waals surface area (Å²) in [6.45, 7) is 4.64. The number of ether oxygens (including phenoxy) is 3. The van der Waals surface area contributed by atoms with E-state index in [4.69, 9.17) is 14.2 Å². The fourth-order valence-electron chi connectivity index (χ4n) is 2.97. The highest BCUT2D eigenvalue weighted by Gasteiger charge is 2.22. The van der Waals surface area contributed by atoms with E-state index in [0.717, 1.165) is 50.5 Å². The fourth-order valence-corrected chi connectivity index (χ4v) is 2.97. The first-order chi connectivity index (χ1) is 9.76. The molecule has 4 heteroatoms. The number of methoxy groups -OCH3 is 1. The largest absolute Gasteiger partial charge is 0.496 e. The summed E-state index contributed by atoms with van der Waals surface area (Å²) in [4.78, 5) is 0. The van der Waals surface area contributed by atoms with Gasteiger partial charge in [0.1, 0.15) is 17.6 Å². The molecule has 0 amide bonds. The van der Waals surface area contributed by atoms with E-state index in [-0.39, 0.29) is 6.10 Å². The van der Waals surface area contributed by atoms with Crippen LogP contribution in [0.2, 0.25) is 0 Å². The van der Waals surface area contributed by atoms with Crippen LogP contribution >= 0.6 is 0 Å². The van der Waals surface area contributed by atoms with E-state index in [1.54, 1.807) is 7.11 Å². The molecule has 0 saturated carbocycles. The number of fused-ring (bicyclic) bond motifs is 1. The Kier molecular flexibility index (Phi) is 4.13. The average Bonchev–Trinajstić information content (AvgIpc) is 2.84. The SMILES string of the molecule is COc1cc2c(cc1CNC1CCOCC1)OC(C)C2. The Morgan fingerprint density at radius 1 is 1.30 bits per heavy atom. The number of nitrogens with one attached hydrogen (secondary N) is 1. The topological polar surface area (TPSA) is 39.7 Å². The third-order valence-electron chi connectivity index (χ3n) is 4.10. The molecule has 1 atom stereocenters. The summed E-state index contributed by atoms with van der Waals surface area (Å²) >= 11 is 0. The molecule has 20 heavy (non-hydrogen) atoms. The van der Waals surface area contributed by atoms with Crippen molar-refractivity contribution >= 4 is 0 Å². The van der Waals surface area contributed by atoms with E-state index in [0.29, 0.717) is 6.04 Å². The minimum absolute atomic E-state index is 0.272. The summed E-state index contributed by atoms with van der Waals surface area (Å²) in [6, 6.07) is 4.80. The molecule has 110 valence electrons. The smallest absolute Gasteiger partial charge is 0.123 e. The van der Waals surface area contributed by atoms with Crippen molar-refractivity contribution in [3.05, 3.63) is 23.3 Å². The molecule has 1 aromatic carbocycles. The summed E-state index contributed by atoms with van der Waals surface area (Å²) < 4.78 is 16.7. The van der Waals surface area contributed by atoms with Gasteiger partial charge in [-0.05, 0) is 31.9 Å². The first-order valence-corrected chi connectivity index (χ1v) is 7.44. The van der Waals surface area contributed by atoms with Crippen molar-refractivity contribution in [2.75, 3.05) is 20.3 Å². The maximum absolute atomic E-state index is 5.84. The molecule has 1 saturated heterocycles. The van der Waals surface area contributed by atoms with Gasteiger partial charge in [-0.25, -0.2) is 0 Å². The van der Waals surface area contributed by atoms with Gasteiger partial charge in [0.15, 0.2) is 0 Å².